The van der Waals surface area contributed by atoms with Crippen molar-refractivity contribution in [2.75, 3.05) is 26.3 Å². The zero-order valence-electron chi connectivity index (χ0n) is 13.5. The Labute approximate surface area is 137 Å². The molecule has 2 fully saturated rings. The van der Waals surface area contributed by atoms with E-state index in [-0.39, 0.29) is 17.9 Å². The smallest absolute Gasteiger partial charge is 0.225 e. The number of nitrogens with zero attached hydrogens (tertiary/aromatic N) is 1. The molecular formula is C18H26N2O3. The van der Waals surface area contributed by atoms with Crippen molar-refractivity contribution in [1.29, 1.82) is 0 Å². The minimum atomic E-state index is -0.144. The summed E-state index contributed by atoms with van der Waals surface area (Å²) in [4.78, 5) is 14.5. The predicted octanol–water partition coefficient (Wildman–Crippen LogP) is 1.30. The van der Waals surface area contributed by atoms with Crippen LogP contribution in [0, 0.1) is 5.92 Å². The average molecular weight is 318 g/mol. The highest BCUT2D eigenvalue weighted by molar-refractivity contribution is 5.79. The third kappa shape index (κ3) is 4.53. The van der Waals surface area contributed by atoms with Crippen LogP contribution in [0.3, 0.4) is 0 Å². The van der Waals surface area contributed by atoms with Crippen LogP contribution in [-0.4, -0.2) is 48.3 Å². The van der Waals surface area contributed by atoms with Crippen LogP contribution < -0.4 is 5.32 Å². The molecule has 126 valence electrons. The van der Waals surface area contributed by atoms with E-state index in [9.17, 15) is 9.90 Å². The van der Waals surface area contributed by atoms with E-state index in [1.165, 1.54) is 11.1 Å². The Kier molecular flexibility index (Phi) is 5.65. The van der Waals surface area contributed by atoms with Gasteiger partial charge in [-0.15, -0.1) is 0 Å². The topological polar surface area (TPSA) is 61.8 Å². The largest absolute Gasteiger partial charge is 0.393 e. The van der Waals surface area contributed by atoms with Gasteiger partial charge in [0.05, 0.1) is 18.6 Å². The van der Waals surface area contributed by atoms with Crippen molar-refractivity contribution in [1.82, 2.24) is 10.2 Å². The molecule has 2 saturated heterocycles. The molecule has 1 amide bonds. The highest BCUT2D eigenvalue weighted by atomic mass is 16.5. The maximum Gasteiger partial charge on any atom is 0.225 e. The summed E-state index contributed by atoms with van der Waals surface area (Å²) in [6, 6.07) is 8.28. The summed E-state index contributed by atoms with van der Waals surface area (Å²) in [7, 11) is 0. The van der Waals surface area contributed by atoms with Gasteiger partial charge in [-0.25, -0.2) is 0 Å². The molecule has 0 radical (unpaired) electrons. The highest BCUT2D eigenvalue weighted by Gasteiger charge is 2.23. The molecular weight excluding hydrogens is 292 g/mol. The Morgan fingerprint density at radius 1 is 1.22 bits per heavy atom. The molecule has 3 rings (SSSR count). The number of carbonyl (C=O) groups is 1. The number of amides is 1. The molecule has 0 spiro atoms. The molecule has 0 saturated carbocycles. The third-order valence-corrected chi connectivity index (χ3v) is 4.82. The van der Waals surface area contributed by atoms with Crippen molar-refractivity contribution in [2.45, 2.75) is 38.5 Å². The van der Waals surface area contributed by atoms with Crippen LogP contribution in [-0.2, 0) is 22.6 Å². The van der Waals surface area contributed by atoms with Crippen LogP contribution in [0.25, 0.3) is 0 Å². The Morgan fingerprint density at radius 3 is 2.65 bits per heavy atom. The van der Waals surface area contributed by atoms with Gasteiger partial charge in [-0.2, -0.15) is 0 Å². The van der Waals surface area contributed by atoms with Crippen LogP contribution in [0.15, 0.2) is 24.3 Å². The number of carbonyl (C=O) groups excluding carboxylic acids is 1. The fraction of sp³-hybridized carbons (Fsp3) is 0.611. The number of rotatable bonds is 5. The molecule has 2 aliphatic rings. The second kappa shape index (κ2) is 7.90. The van der Waals surface area contributed by atoms with E-state index in [2.05, 4.69) is 22.3 Å². The SMILES string of the molecule is O=C(NCc1ccccc1CN1CCC(O)CC1)C1CCOC1. The van der Waals surface area contributed by atoms with Gasteiger partial charge < -0.3 is 15.2 Å². The van der Waals surface area contributed by atoms with Gasteiger partial charge in [0.1, 0.15) is 0 Å². The van der Waals surface area contributed by atoms with Gasteiger partial charge in [0.15, 0.2) is 0 Å². The lowest BCUT2D eigenvalue weighted by Gasteiger charge is -2.30. The van der Waals surface area contributed by atoms with Gasteiger partial charge in [0.2, 0.25) is 5.91 Å². The number of piperidine rings is 1. The van der Waals surface area contributed by atoms with Crippen molar-refractivity contribution in [3.63, 3.8) is 0 Å². The molecule has 1 atom stereocenters. The van der Waals surface area contributed by atoms with Crippen molar-refractivity contribution >= 4 is 5.91 Å². The summed E-state index contributed by atoms with van der Waals surface area (Å²) in [5.41, 5.74) is 2.43. The first-order valence-corrected chi connectivity index (χ1v) is 8.55. The lowest BCUT2D eigenvalue weighted by molar-refractivity contribution is -0.125. The number of hydrogen-bond acceptors (Lipinski definition) is 4. The van der Waals surface area contributed by atoms with Gasteiger partial charge in [-0.1, -0.05) is 24.3 Å². The molecule has 2 heterocycles. The lowest BCUT2D eigenvalue weighted by Crippen LogP contribution is -2.36. The summed E-state index contributed by atoms with van der Waals surface area (Å²) in [6.45, 7) is 4.55. The van der Waals surface area contributed by atoms with Gasteiger partial charge >= 0.3 is 0 Å². The van der Waals surface area contributed by atoms with Crippen molar-refractivity contribution < 1.29 is 14.6 Å². The fourth-order valence-electron chi connectivity index (χ4n) is 3.27. The van der Waals surface area contributed by atoms with E-state index < -0.39 is 0 Å². The first kappa shape index (κ1) is 16.4. The monoisotopic (exact) mass is 318 g/mol. The van der Waals surface area contributed by atoms with Crippen LogP contribution in [0.2, 0.25) is 0 Å². The van der Waals surface area contributed by atoms with Crippen molar-refractivity contribution in [3.8, 4) is 0 Å². The molecule has 1 aromatic rings. The quantitative estimate of drug-likeness (QED) is 0.859. The van der Waals surface area contributed by atoms with Crippen LogP contribution >= 0.6 is 0 Å². The summed E-state index contributed by atoms with van der Waals surface area (Å²) in [6.07, 6.45) is 2.37. The molecule has 5 heteroatoms. The predicted molar refractivity (Wildman–Crippen MR) is 87.7 cm³/mol. The minimum absolute atomic E-state index is 0.00532. The highest BCUT2D eigenvalue weighted by Crippen LogP contribution is 2.17. The molecule has 5 nitrogen and oxygen atoms in total. The van der Waals surface area contributed by atoms with Gasteiger partial charge in [-0.3, -0.25) is 9.69 Å². The molecule has 1 unspecified atom stereocenters. The molecule has 2 aliphatic heterocycles. The number of benzene rings is 1. The Bertz CT molecular complexity index is 521. The average Bonchev–Trinajstić information content (AvgIpc) is 3.10. The maximum absolute atomic E-state index is 12.1. The maximum atomic E-state index is 12.1. The Balaban J connectivity index is 1.55. The summed E-state index contributed by atoms with van der Waals surface area (Å²) >= 11 is 0. The standard InChI is InChI=1S/C18H26N2O3/c21-17-5-8-20(9-6-17)12-15-4-2-1-3-14(15)11-19-18(22)16-7-10-23-13-16/h1-4,16-17,21H,5-13H2,(H,19,22). The van der Waals surface area contributed by atoms with Gasteiger partial charge in [0.25, 0.3) is 0 Å². The summed E-state index contributed by atoms with van der Waals surface area (Å²) in [5, 5.41) is 12.7. The third-order valence-electron chi connectivity index (χ3n) is 4.82. The lowest BCUT2D eigenvalue weighted by atomic mass is 10.0. The van der Waals surface area contributed by atoms with E-state index in [4.69, 9.17) is 4.74 Å². The number of aliphatic hydroxyl groups is 1. The van der Waals surface area contributed by atoms with E-state index in [0.29, 0.717) is 19.8 Å². The van der Waals surface area contributed by atoms with Gasteiger partial charge in [-0.05, 0) is 30.4 Å². The number of aliphatic hydroxyl groups excluding tert-OH is 1. The normalized spacial score (nSPS) is 23.1. The van der Waals surface area contributed by atoms with E-state index in [1.54, 1.807) is 0 Å². The van der Waals surface area contributed by atoms with Gasteiger partial charge in [0, 0.05) is 32.8 Å². The second-order valence-electron chi connectivity index (χ2n) is 6.55. The van der Waals surface area contributed by atoms with Crippen LogP contribution in [0.1, 0.15) is 30.4 Å². The number of likely N-dealkylation sites (tertiary alicyclic amines) is 1. The van der Waals surface area contributed by atoms with Crippen molar-refractivity contribution in [3.05, 3.63) is 35.4 Å². The number of hydrogen-bond donors (Lipinski definition) is 2. The summed E-state index contributed by atoms with van der Waals surface area (Å²) in [5.74, 6) is 0.101. The number of ether oxygens (including phenoxy) is 1. The zero-order valence-corrected chi connectivity index (χ0v) is 13.5. The van der Waals surface area contributed by atoms with Crippen LogP contribution in [0.4, 0.5) is 0 Å². The van der Waals surface area contributed by atoms with E-state index in [0.717, 1.165) is 38.9 Å². The van der Waals surface area contributed by atoms with Crippen molar-refractivity contribution in [2.24, 2.45) is 5.92 Å². The Morgan fingerprint density at radius 2 is 1.96 bits per heavy atom. The first-order chi connectivity index (χ1) is 11.2. The summed E-state index contributed by atoms with van der Waals surface area (Å²) < 4.78 is 5.28. The molecule has 2 N–H and O–H groups in total. The Hall–Kier alpha value is -1.43. The second-order valence-corrected chi connectivity index (χ2v) is 6.55. The molecule has 0 aromatic heterocycles. The minimum Gasteiger partial charge on any atom is -0.393 e. The van der Waals surface area contributed by atoms with Crippen LogP contribution in [0.5, 0.6) is 0 Å². The fourth-order valence-corrected chi connectivity index (χ4v) is 3.27. The molecule has 0 aliphatic carbocycles. The van der Waals surface area contributed by atoms with E-state index >= 15 is 0 Å². The number of nitrogens with one attached hydrogen (secondary N) is 1. The first-order valence-electron chi connectivity index (χ1n) is 8.55. The zero-order chi connectivity index (χ0) is 16.1. The van der Waals surface area contributed by atoms with E-state index in [1.807, 2.05) is 12.1 Å². The molecule has 0 bridgehead atoms. The molecule has 23 heavy (non-hydrogen) atoms. The molecule has 1 aromatic carbocycles.